The maximum atomic E-state index is 4.91. The zero-order chi connectivity index (χ0) is 20.4. The van der Waals surface area contributed by atoms with E-state index in [1.54, 1.807) is 0 Å². The Balaban J connectivity index is 1.48. The molecule has 1 saturated heterocycles. The summed E-state index contributed by atoms with van der Waals surface area (Å²) in [7, 11) is 0. The van der Waals surface area contributed by atoms with Gasteiger partial charge in [-0.05, 0) is 49.1 Å². The number of piperazine rings is 1. The van der Waals surface area contributed by atoms with E-state index in [1.807, 2.05) is 12.3 Å². The molecular formula is C24H31N5. The average molecular weight is 390 g/mol. The summed E-state index contributed by atoms with van der Waals surface area (Å²) in [6, 6.07) is 15.2. The molecule has 152 valence electrons. The first-order valence-electron chi connectivity index (χ1n) is 10.5. The first-order valence-corrected chi connectivity index (χ1v) is 10.5. The molecule has 0 spiro atoms. The molecule has 1 fully saturated rings. The predicted octanol–water partition coefficient (Wildman–Crippen LogP) is 4.46. The number of anilines is 2. The third-order valence-corrected chi connectivity index (χ3v) is 5.93. The van der Waals surface area contributed by atoms with Crippen molar-refractivity contribution >= 4 is 22.5 Å². The highest BCUT2D eigenvalue weighted by Crippen LogP contribution is 2.23. The molecule has 29 heavy (non-hydrogen) atoms. The molecule has 1 aliphatic heterocycles. The molecule has 1 N–H and O–H groups in total. The van der Waals surface area contributed by atoms with E-state index in [0.29, 0.717) is 12.0 Å². The van der Waals surface area contributed by atoms with Gasteiger partial charge in [-0.25, -0.2) is 4.98 Å². The maximum absolute atomic E-state index is 4.91. The number of para-hydroxylation sites is 1. The summed E-state index contributed by atoms with van der Waals surface area (Å²) >= 11 is 0. The molecule has 2 aromatic carbocycles. The van der Waals surface area contributed by atoms with Crippen molar-refractivity contribution in [3.8, 4) is 0 Å². The zero-order valence-corrected chi connectivity index (χ0v) is 17.9. The number of aromatic nitrogens is 2. The van der Waals surface area contributed by atoms with Crippen molar-refractivity contribution in [3.05, 3.63) is 59.8 Å². The molecule has 5 nitrogen and oxygen atoms in total. The summed E-state index contributed by atoms with van der Waals surface area (Å²) < 4.78 is 0. The minimum Gasteiger partial charge on any atom is -0.372 e. The molecule has 1 unspecified atom stereocenters. The minimum absolute atomic E-state index is 0.468. The van der Waals surface area contributed by atoms with Crippen molar-refractivity contribution in [2.24, 2.45) is 5.92 Å². The van der Waals surface area contributed by atoms with Crippen LogP contribution in [0.25, 0.3) is 11.0 Å². The molecule has 5 heteroatoms. The largest absolute Gasteiger partial charge is 0.372 e. The average Bonchev–Trinajstić information content (AvgIpc) is 2.72. The second-order valence-corrected chi connectivity index (χ2v) is 8.44. The monoisotopic (exact) mass is 389 g/mol. The number of hydrogen-bond acceptors (Lipinski definition) is 5. The third kappa shape index (κ3) is 4.35. The Morgan fingerprint density at radius 1 is 1.07 bits per heavy atom. The molecule has 3 aromatic rings. The highest BCUT2D eigenvalue weighted by molar-refractivity contribution is 5.76. The van der Waals surface area contributed by atoms with Gasteiger partial charge in [0.2, 0.25) is 0 Å². The standard InChI is InChI=1S/C24H31N5/c1-17(2)23-15-28(24-14-25-21-10-9-18(3)13-22(21)27-24)11-12-29(23)16-26-20-8-6-5-7-19(20)4/h5-10,13-14,17,23,26H,11-12,15-16H2,1-4H3. The fourth-order valence-corrected chi connectivity index (χ4v) is 4.11. The van der Waals surface area contributed by atoms with Crippen molar-refractivity contribution in [1.82, 2.24) is 14.9 Å². The second kappa shape index (κ2) is 8.37. The molecule has 0 bridgehead atoms. The van der Waals surface area contributed by atoms with E-state index in [4.69, 9.17) is 4.98 Å². The summed E-state index contributed by atoms with van der Waals surface area (Å²) in [4.78, 5) is 14.5. The Bertz CT molecular complexity index is 984. The molecule has 1 atom stereocenters. The Kier molecular flexibility index (Phi) is 5.67. The maximum Gasteiger partial charge on any atom is 0.147 e. The molecule has 0 radical (unpaired) electrons. The lowest BCUT2D eigenvalue weighted by molar-refractivity contribution is 0.148. The lowest BCUT2D eigenvalue weighted by Crippen LogP contribution is -2.56. The van der Waals surface area contributed by atoms with Gasteiger partial charge in [-0.15, -0.1) is 0 Å². The van der Waals surface area contributed by atoms with Crippen LogP contribution in [-0.4, -0.2) is 47.2 Å². The van der Waals surface area contributed by atoms with E-state index < -0.39 is 0 Å². The van der Waals surface area contributed by atoms with Crippen LogP contribution in [0, 0.1) is 19.8 Å². The molecule has 1 aliphatic rings. The van der Waals surface area contributed by atoms with E-state index >= 15 is 0 Å². The molecule has 2 heterocycles. The lowest BCUT2D eigenvalue weighted by atomic mass is 10.00. The number of rotatable bonds is 5. The number of nitrogens with one attached hydrogen (secondary N) is 1. The first kappa shape index (κ1) is 19.6. The normalized spacial score (nSPS) is 17.8. The molecular weight excluding hydrogens is 358 g/mol. The van der Waals surface area contributed by atoms with Crippen LogP contribution in [0.15, 0.2) is 48.7 Å². The Morgan fingerprint density at radius 2 is 1.90 bits per heavy atom. The summed E-state index contributed by atoms with van der Waals surface area (Å²) in [5.41, 5.74) is 5.66. The van der Waals surface area contributed by atoms with Crippen LogP contribution in [0.4, 0.5) is 11.5 Å². The van der Waals surface area contributed by atoms with Gasteiger partial charge in [0.15, 0.2) is 0 Å². The van der Waals surface area contributed by atoms with Gasteiger partial charge in [0.1, 0.15) is 5.82 Å². The third-order valence-electron chi connectivity index (χ3n) is 5.93. The Hall–Kier alpha value is -2.66. The van der Waals surface area contributed by atoms with Crippen molar-refractivity contribution in [1.29, 1.82) is 0 Å². The first-order chi connectivity index (χ1) is 14.0. The summed E-state index contributed by atoms with van der Waals surface area (Å²) in [5.74, 6) is 1.55. The van der Waals surface area contributed by atoms with E-state index in [2.05, 4.69) is 84.2 Å². The Labute approximate surface area is 173 Å². The van der Waals surface area contributed by atoms with E-state index in [0.717, 1.165) is 43.2 Å². The van der Waals surface area contributed by atoms with E-state index in [-0.39, 0.29) is 0 Å². The zero-order valence-electron chi connectivity index (χ0n) is 17.9. The molecule has 4 rings (SSSR count). The molecule has 0 aliphatic carbocycles. The summed E-state index contributed by atoms with van der Waals surface area (Å²) in [5, 5.41) is 3.63. The van der Waals surface area contributed by atoms with Gasteiger partial charge in [-0.2, -0.15) is 0 Å². The number of nitrogens with zero attached hydrogens (tertiary/aromatic N) is 4. The fourth-order valence-electron chi connectivity index (χ4n) is 4.11. The van der Waals surface area contributed by atoms with Gasteiger partial charge < -0.3 is 10.2 Å². The highest BCUT2D eigenvalue weighted by atomic mass is 15.3. The fraction of sp³-hybridized carbons (Fsp3) is 0.417. The van der Waals surface area contributed by atoms with Crippen LogP contribution in [0.5, 0.6) is 0 Å². The number of benzene rings is 2. The van der Waals surface area contributed by atoms with E-state index in [9.17, 15) is 0 Å². The van der Waals surface area contributed by atoms with Crippen LogP contribution >= 0.6 is 0 Å². The van der Waals surface area contributed by atoms with Gasteiger partial charge >= 0.3 is 0 Å². The molecule has 0 amide bonds. The van der Waals surface area contributed by atoms with Gasteiger partial charge in [-0.1, -0.05) is 38.1 Å². The van der Waals surface area contributed by atoms with Gasteiger partial charge in [0, 0.05) is 31.4 Å². The molecule has 0 saturated carbocycles. The van der Waals surface area contributed by atoms with Crippen LogP contribution in [0.2, 0.25) is 0 Å². The van der Waals surface area contributed by atoms with Crippen molar-refractivity contribution < 1.29 is 0 Å². The minimum atomic E-state index is 0.468. The lowest BCUT2D eigenvalue weighted by Gasteiger charge is -2.44. The van der Waals surface area contributed by atoms with Crippen LogP contribution in [0.1, 0.15) is 25.0 Å². The smallest absolute Gasteiger partial charge is 0.147 e. The van der Waals surface area contributed by atoms with Crippen molar-refractivity contribution in [2.45, 2.75) is 33.7 Å². The van der Waals surface area contributed by atoms with Crippen molar-refractivity contribution in [2.75, 3.05) is 36.5 Å². The quantitative estimate of drug-likeness (QED) is 0.698. The predicted molar refractivity (Wildman–Crippen MR) is 121 cm³/mol. The topological polar surface area (TPSA) is 44.3 Å². The SMILES string of the molecule is Cc1ccc2ncc(N3CCN(CNc4ccccc4C)C(C(C)C)C3)nc2c1. The van der Waals surface area contributed by atoms with Crippen LogP contribution in [0.3, 0.4) is 0 Å². The second-order valence-electron chi connectivity index (χ2n) is 8.44. The van der Waals surface area contributed by atoms with Gasteiger partial charge in [0.05, 0.1) is 23.9 Å². The summed E-state index contributed by atoms with van der Waals surface area (Å²) in [6.07, 6.45) is 1.93. The Morgan fingerprint density at radius 3 is 2.69 bits per heavy atom. The molecule has 1 aromatic heterocycles. The number of aryl methyl sites for hydroxylation is 2. The van der Waals surface area contributed by atoms with Crippen LogP contribution < -0.4 is 10.2 Å². The highest BCUT2D eigenvalue weighted by Gasteiger charge is 2.30. The van der Waals surface area contributed by atoms with Crippen LogP contribution in [-0.2, 0) is 0 Å². The van der Waals surface area contributed by atoms with Gasteiger partial charge in [-0.3, -0.25) is 9.88 Å². The number of hydrogen-bond donors (Lipinski definition) is 1. The van der Waals surface area contributed by atoms with Gasteiger partial charge in [0.25, 0.3) is 0 Å². The number of fused-ring (bicyclic) bond motifs is 1. The van der Waals surface area contributed by atoms with Crippen molar-refractivity contribution in [3.63, 3.8) is 0 Å². The van der Waals surface area contributed by atoms with E-state index in [1.165, 1.54) is 16.8 Å². The summed E-state index contributed by atoms with van der Waals surface area (Å²) in [6.45, 7) is 12.7.